The average Bonchev–Trinajstić information content (AvgIpc) is 2.58. The standard InChI is InChI=1S/C18H20FN3O3/c1-11-6-7-13(19)8-16(11)22-18(25)12(2)20-14-4-3-5-15(9-14)21-17(24)10-23/h3-9,12,20,23H,10H2,1-2H3,(H,21,24)(H,22,25)/t12-/m1/s1. The highest BCUT2D eigenvalue weighted by Crippen LogP contribution is 2.18. The third kappa shape index (κ3) is 5.29. The summed E-state index contributed by atoms with van der Waals surface area (Å²) < 4.78 is 13.3. The van der Waals surface area contributed by atoms with Crippen molar-refractivity contribution in [1.82, 2.24) is 0 Å². The molecule has 0 bridgehead atoms. The molecule has 0 spiro atoms. The van der Waals surface area contributed by atoms with Gasteiger partial charge < -0.3 is 21.1 Å². The maximum atomic E-state index is 13.3. The van der Waals surface area contributed by atoms with E-state index in [1.165, 1.54) is 12.1 Å². The van der Waals surface area contributed by atoms with E-state index in [0.717, 1.165) is 5.56 Å². The minimum Gasteiger partial charge on any atom is -0.387 e. The molecule has 2 aromatic rings. The van der Waals surface area contributed by atoms with Crippen LogP contribution in [0.3, 0.4) is 0 Å². The number of aliphatic hydroxyl groups excluding tert-OH is 1. The topological polar surface area (TPSA) is 90.5 Å². The van der Waals surface area contributed by atoms with Crippen molar-refractivity contribution in [2.45, 2.75) is 19.9 Å². The van der Waals surface area contributed by atoms with Gasteiger partial charge in [-0.3, -0.25) is 9.59 Å². The minimum absolute atomic E-state index is 0.321. The highest BCUT2D eigenvalue weighted by Gasteiger charge is 2.14. The molecule has 0 saturated carbocycles. The largest absolute Gasteiger partial charge is 0.387 e. The molecule has 0 fully saturated rings. The first kappa shape index (κ1) is 18.4. The third-order valence-corrected chi connectivity index (χ3v) is 3.52. The van der Waals surface area contributed by atoms with Crippen LogP contribution in [0.2, 0.25) is 0 Å². The SMILES string of the molecule is Cc1ccc(F)cc1NC(=O)[C@@H](C)Nc1cccc(NC(=O)CO)c1. The highest BCUT2D eigenvalue weighted by molar-refractivity contribution is 5.97. The molecule has 2 aromatic carbocycles. The molecule has 0 heterocycles. The second-order valence-electron chi connectivity index (χ2n) is 5.60. The van der Waals surface area contributed by atoms with Crippen LogP contribution in [0.4, 0.5) is 21.5 Å². The van der Waals surface area contributed by atoms with Crippen molar-refractivity contribution in [3.8, 4) is 0 Å². The van der Waals surface area contributed by atoms with Crippen LogP contribution in [-0.2, 0) is 9.59 Å². The molecular weight excluding hydrogens is 325 g/mol. The average molecular weight is 345 g/mol. The zero-order valence-electron chi connectivity index (χ0n) is 14.0. The number of aryl methyl sites for hydroxylation is 1. The van der Waals surface area contributed by atoms with Crippen molar-refractivity contribution in [3.05, 3.63) is 53.8 Å². The first-order chi connectivity index (χ1) is 11.9. The molecule has 0 radical (unpaired) electrons. The van der Waals surface area contributed by atoms with E-state index in [4.69, 9.17) is 5.11 Å². The van der Waals surface area contributed by atoms with Crippen molar-refractivity contribution >= 4 is 28.9 Å². The van der Waals surface area contributed by atoms with Gasteiger partial charge in [0.05, 0.1) is 0 Å². The Labute approximate surface area is 145 Å². The smallest absolute Gasteiger partial charge is 0.250 e. The normalized spacial score (nSPS) is 11.5. The van der Waals surface area contributed by atoms with Gasteiger partial charge in [0.1, 0.15) is 18.5 Å². The van der Waals surface area contributed by atoms with Crippen LogP contribution in [0.1, 0.15) is 12.5 Å². The molecule has 25 heavy (non-hydrogen) atoms. The number of carbonyl (C=O) groups excluding carboxylic acids is 2. The van der Waals surface area contributed by atoms with E-state index in [1.54, 1.807) is 44.2 Å². The number of benzene rings is 2. The Morgan fingerprint density at radius 3 is 2.56 bits per heavy atom. The van der Waals surface area contributed by atoms with Gasteiger partial charge in [0, 0.05) is 17.1 Å². The number of anilines is 3. The third-order valence-electron chi connectivity index (χ3n) is 3.52. The fourth-order valence-corrected chi connectivity index (χ4v) is 2.17. The van der Waals surface area contributed by atoms with Crippen molar-refractivity contribution in [3.63, 3.8) is 0 Å². The Hall–Kier alpha value is -2.93. The summed E-state index contributed by atoms with van der Waals surface area (Å²) in [5, 5.41) is 17.0. The van der Waals surface area contributed by atoms with Crippen LogP contribution < -0.4 is 16.0 Å². The summed E-state index contributed by atoms with van der Waals surface area (Å²) in [6.45, 7) is 2.84. The fourth-order valence-electron chi connectivity index (χ4n) is 2.17. The zero-order chi connectivity index (χ0) is 18.4. The van der Waals surface area contributed by atoms with Crippen molar-refractivity contribution in [2.75, 3.05) is 22.6 Å². The molecular formula is C18H20FN3O3. The lowest BCUT2D eigenvalue weighted by Gasteiger charge is -2.17. The van der Waals surface area contributed by atoms with Gasteiger partial charge in [-0.2, -0.15) is 0 Å². The lowest BCUT2D eigenvalue weighted by molar-refractivity contribution is -0.119. The Kier molecular flexibility index (Phi) is 6.08. The van der Waals surface area contributed by atoms with Crippen LogP contribution in [0.5, 0.6) is 0 Å². The number of hydrogen-bond donors (Lipinski definition) is 4. The molecule has 2 amide bonds. The summed E-state index contributed by atoms with van der Waals surface area (Å²) in [5.41, 5.74) is 2.30. The summed E-state index contributed by atoms with van der Waals surface area (Å²) in [5.74, 6) is -1.27. The lowest BCUT2D eigenvalue weighted by Crippen LogP contribution is -2.32. The van der Waals surface area contributed by atoms with E-state index in [1.807, 2.05) is 0 Å². The number of aliphatic hydroxyl groups is 1. The molecule has 0 aliphatic rings. The van der Waals surface area contributed by atoms with Crippen LogP contribution in [0.15, 0.2) is 42.5 Å². The van der Waals surface area contributed by atoms with Crippen molar-refractivity contribution in [1.29, 1.82) is 0 Å². The maximum absolute atomic E-state index is 13.3. The van der Waals surface area contributed by atoms with Gasteiger partial charge in [-0.15, -0.1) is 0 Å². The molecule has 6 nitrogen and oxygen atoms in total. The van der Waals surface area contributed by atoms with Gasteiger partial charge in [0.2, 0.25) is 11.8 Å². The number of nitrogens with one attached hydrogen (secondary N) is 3. The molecule has 0 aliphatic heterocycles. The molecule has 0 aromatic heterocycles. The first-order valence-corrected chi connectivity index (χ1v) is 7.73. The van der Waals surface area contributed by atoms with Gasteiger partial charge in [-0.05, 0) is 49.7 Å². The lowest BCUT2D eigenvalue weighted by atomic mass is 10.2. The second kappa shape index (κ2) is 8.25. The highest BCUT2D eigenvalue weighted by atomic mass is 19.1. The molecule has 0 saturated heterocycles. The quantitative estimate of drug-likeness (QED) is 0.647. The number of rotatable bonds is 6. The van der Waals surface area contributed by atoms with E-state index in [2.05, 4.69) is 16.0 Å². The number of amides is 2. The number of carbonyl (C=O) groups is 2. The van der Waals surface area contributed by atoms with Gasteiger partial charge in [-0.25, -0.2) is 4.39 Å². The van der Waals surface area contributed by atoms with E-state index in [9.17, 15) is 14.0 Å². The van der Waals surface area contributed by atoms with Gasteiger partial charge >= 0.3 is 0 Å². The summed E-state index contributed by atoms with van der Waals surface area (Å²) in [7, 11) is 0. The Balaban J connectivity index is 2.02. The molecule has 1 atom stereocenters. The van der Waals surface area contributed by atoms with Crippen LogP contribution in [0, 0.1) is 12.7 Å². The molecule has 4 N–H and O–H groups in total. The summed E-state index contributed by atoms with van der Waals surface area (Å²) in [6.07, 6.45) is 0. The van der Waals surface area contributed by atoms with E-state index in [0.29, 0.717) is 17.1 Å². The molecule has 7 heteroatoms. The van der Waals surface area contributed by atoms with Crippen LogP contribution >= 0.6 is 0 Å². The Bertz CT molecular complexity index is 780. The van der Waals surface area contributed by atoms with Crippen molar-refractivity contribution < 1.29 is 19.1 Å². The molecule has 0 aliphatic carbocycles. The second-order valence-corrected chi connectivity index (χ2v) is 5.60. The Morgan fingerprint density at radius 2 is 1.84 bits per heavy atom. The summed E-state index contributed by atoms with van der Waals surface area (Å²) in [6, 6.07) is 10.4. The van der Waals surface area contributed by atoms with Gasteiger partial charge in [0.25, 0.3) is 0 Å². The summed E-state index contributed by atoms with van der Waals surface area (Å²) >= 11 is 0. The van der Waals surface area contributed by atoms with E-state index < -0.39 is 24.4 Å². The van der Waals surface area contributed by atoms with E-state index in [-0.39, 0.29) is 5.91 Å². The number of hydrogen-bond acceptors (Lipinski definition) is 4. The predicted octanol–water partition coefficient (Wildman–Crippen LogP) is 2.50. The molecule has 0 unspecified atom stereocenters. The maximum Gasteiger partial charge on any atom is 0.250 e. The predicted molar refractivity (Wildman–Crippen MR) is 95.0 cm³/mol. The fraction of sp³-hybridized carbons (Fsp3) is 0.222. The number of halogens is 1. The van der Waals surface area contributed by atoms with E-state index >= 15 is 0 Å². The van der Waals surface area contributed by atoms with Crippen LogP contribution in [-0.4, -0.2) is 29.6 Å². The minimum atomic E-state index is -0.608. The van der Waals surface area contributed by atoms with Gasteiger partial charge in [0.15, 0.2) is 0 Å². The van der Waals surface area contributed by atoms with Gasteiger partial charge in [-0.1, -0.05) is 12.1 Å². The summed E-state index contributed by atoms with van der Waals surface area (Å²) in [4.78, 5) is 23.5. The monoisotopic (exact) mass is 345 g/mol. The Morgan fingerprint density at radius 1 is 1.12 bits per heavy atom. The van der Waals surface area contributed by atoms with Crippen LogP contribution in [0.25, 0.3) is 0 Å². The van der Waals surface area contributed by atoms with Crippen molar-refractivity contribution in [2.24, 2.45) is 0 Å². The molecule has 2 rings (SSSR count). The first-order valence-electron chi connectivity index (χ1n) is 7.73. The zero-order valence-corrected chi connectivity index (χ0v) is 14.0. The molecule has 132 valence electrons.